The van der Waals surface area contributed by atoms with Crippen molar-refractivity contribution in [1.29, 1.82) is 5.26 Å². The molecular formula is C26H20N2O7. The highest BCUT2D eigenvalue weighted by atomic mass is 16.5. The van der Waals surface area contributed by atoms with Crippen LogP contribution in [0.2, 0.25) is 0 Å². The molecule has 0 aliphatic carbocycles. The largest absolute Gasteiger partial charge is 0.493 e. The number of hydrogen-bond donors (Lipinski definition) is 3. The summed E-state index contributed by atoms with van der Waals surface area (Å²) in [5.41, 5.74) is 1.49. The van der Waals surface area contributed by atoms with Crippen molar-refractivity contribution in [2.75, 3.05) is 12.4 Å². The number of hydrogen-bond acceptors (Lipinski definition) is 6. The van der Waals surface area contributed by atoms with Crippen molar-refractivity contribution in [3.8, 4) is 17.6 Å². The van der Waals surface area contributed by atoms with Gasteiger partial charge >= 0.3 is 11.9 Å². The zero-order valence-electron chi connectivity index (χ0n) is 18.5. The maximum Gasteiger partial charge on any atom is 0.335 e. The molecule has 0 aliphatic heterocycles. The first-order valence-corrected chi connectivity index (χ1v) is 10.2. The van der Waals surface area contributed by atoms with Gasteiger partial charge in [-0.25, -0.2) is 9.59 Å². The number of carbonyl (C=O) groups excluding carboxylic acids is 1. The molecule has 1 amide bonds. The molecule has 0 spiro atoms. The number of nitriles is 1. The molecule has 0 radical (unpaired) electrons. The van der Waals surface area contributed by atoms with Crippen LogP contribution in [0.25, 0.3) is 6.08 Å². The van der Waals surface area contributed by atoms with Crippen LogP contribution in [0.15, 0.2) is 72.3 Å². The third-order valence-electron chi connectivity index (χ3n) is 4.83. The average molecular weight is 472 g/mol. The molecule has 0 aliphatic rings. The summed E-state index contributed by atoms with van der Waals surface area (Å²) in [6.45, 7) is 0.173. The summed E-state index contributed by atoms with van der Waals surface area (Å²) >= 11 is 0. The molecule has 9 nitrogen and oxygen atoms in total. The molecule has 9 heteroatoms. The Morgan fingerprint density at radius 2 is 1.66 bits per heavy atom. The maximum absolute atomic E-state index is 12.5. The van der Waals surface area contributed by atoms with E-state index in [0.717, 1.165) is 5.56 Å². The number of benzene rings is 3. The summed E-state index contributed by atoms with van der Waals surface area (Å²) < 4.78 is 11.1. The van der Waals surface area contributed by atoms with Gasteiger partial charge in [-0.15, -0.1) is 0 Å². The van der Waals surface area contributed by atoms with Gasteiger partial charge in [0.2, 0.25) is 0 Å². The zero-order valence-corrected chi connectivity index (χ0v) is 18.5. The number of nitrogens with zero attached hydrogens (tertiary/aromatic N) is 1. The van der Waals surface area contributed by atoms with Crippen LogP contribution >= 0.6 is 0 Å². The normalized spacial score (nSPS) is 10.7. The van der Waals surface area contributed by atoms with E-state index in [1.165, 1.54) is 49.6 Å². The van der Waals surface area contributed by atoms with Crippen molar-refractivity contribution in [3.63, 3.8) is 0 Å². The van der Waals surface area contributed by atoms with Gasteiger partial charge in [-0.3, -0.25) is 4.79 Å². The van der Waals surface area contributed by atoms with Gasteiger partial charge in [0.15, 0.2) is 11.5 Å². The van der Waals surface area contributed by atoms with Gasteiger partial charge < -0.3 is 25.0 Å². The Bertz CT molecular complexity index is 1340. The molecule has 3 aromatic carbocycles. The summed E-state index contributed by atoms with van der Waals surface area (Å²) in [5.74, 6) is -2.06. The molecule has 0 aromatic heterocycles. The van der Waals surface area contributed by atoms with E-state index in [9.17, 15) is 19.6 Å². The highest BCUT2D eigenvalue weighted by Gasteiger charge is 2.13. The lowest BCUT2D eigenvalue weighted by Gasteiger charge is -2.12. The van der Waals surface area contributed by atoms with Gasteiger partial charge in [0.25, 0.3) is 5.91 Å². The molecule has 0 unspecified atom stereocenters. The Kier molecular flexibility index (Phi) is 7.82. The molecule has 3 aromatic rings. The van der Waals surface area contributed by atoms with Gasteiger partial charge in [-0.1, -0.05) is 24.3 Å². The Morgan fingerprint density at radius 1 is 0.943 bits per heavy atom. The smallest absolute Gasteiger partial charge is 0.335 e. The number of anilines is 1. The Hall–Kier alpha value is -5.10. The van der Waals surface area contributed by atoms with E-state index in [4.69, 9.17) is 19.7 Å². The van der Waals surface area contributed by atoms with Gasteiger partial charge in [-0.2, -0.15) is 5.26 Å². The number of amides is 1. The minimum atomic E-state index is -1.14. The van der Waals surface area contributed by atoms with Crippen LogP contribution < -0.4 is 14.8 Å². The standard InChI is InChI=1S/C26H20N2O7/c1-34-23-12-17(7-10-22(23)35-15-16-5-8-18(9-6-16)25(30)31)11-20(14-27)24(29)28-21-4-2-3-19(13-21)26(32)33/h2-13H,15H2,1H3,(H,28,29)(H,30,31)(H,32,33)/b20-11-. The molecule has 176 valence electrons. The van der Waals surface area contributed by atoms with Crippen LogP contribution in [0.5, 0.6) is 11.5 Å². The second-order valence-electron chi connectivity index (χ2n) is 7.21. The monoisotopic (exact) mass is 472 g/mol. The molecule has 0 heterocycles. The summed E-state index contributed by atoms with van der Waals surface area (Å²) in [5, 5.41) is 30.0. The van der Waals surface area contributed by atoms with E-state index < -0.39 is 17.8 Å². The summed E-state index contributed by atoms with van der Waals surface area (Å²) in [7, 11) is 1.45. The number of ether oxygens (including phenoxy) is 2. The molecule has 0 fully saturated rings. The molecular weight excluding hydrogens is 452 g/mol. The molecule has 0 atom stereocenters. The number of methoxy groups -OCH3 is 1. The highest BCUT2D eigenvalue weighted by Crippen LogP contribution is 2.30. The topological polar surface area (TPSA) is 146 Å². The minimum Gasteiger partial charge on any atom is -0.493 e. The average Bonchev–Trinajstić information content (AvgIpc) is 2.86. The van der Waals surface area contributed by atoms with E-state index in [1.54, 1.807) is 30.3 Å². The van der Waals surface area contributed by atoms with Crippen LogP contribution in [-0.4, -0.2) is 35.2 Å². The van der Waals surface area contributed by atoms with Crippen LogP contribution in [0.4, 0.5) is 5.69 Å². The fraction of sp³-hybridized carbons (Fsp3) is 0.0769. The summed E-state index contributed by atoms with van der Waals surface area (Å²) in [4.78, 5) is 34.6. The van der Waals surface area contributed by atoms with Gasteiger partial charge in [0.1, 0.15) is 18.2 Å². The van der Waals surface area contributed by atoms with Crippen molar-refractivity contribution in [2.24, 2.45) is 0 Å². The van der Waals surface area contributed by atoms with E-state index in [1.807, 2.05) is 6.07 Å². The predicted molar refractivity (Wildman–Crippen MR) is 126 cm³/mol. The van der Waals surface area contributed by atoms with Crippen molar-refractivity contribution >= 4 is 29.6 Å². The van der Waals surface area contributed by atoms with Crippen molar-refractivity contribution in [2.45, 2.75) is 6.61 Å². The lowest BCUT2D eigenvalue weighted by atomic mass is 10.1. The Balaban J connectivity index is 1.73. The maximum atomic E-state index is 12.5. The van der Waals surface area contributed by atoms with Crippen LogP contribution in [-0.2, 0) is 11.4 Å². The van der Waals surface area contributed by atoms with Crippen molar-refractivity contribution in [1.82, 2.24) is 0 Å². The van der Waals surface area contributed by atoms with Crippen LogP contribution in [0.3, 0.4) is 0 Å². The van der Waals surface area contributed by atoms with Gasteiger partial charge in [0.05, 0.1) is 18.2 Å². The van der Waals surface area contributed by atoms with Crippen LogP contribution in [0.1, 0.15) is 31.8 Å². The van der Waals surface area contributed by atoms with Crippen LogP contribution in [0, 0.1) is 11.3 Å². The Morgan fingerprint density at radius 3 is 2.29 bits per heavy atom. The zero-order chi connectivity index (χ0) is 25.4. The minimum absolute atomic E-state index is 0.00319. The van der Waals surface area contributed by atoms with E-state index in [-0.39, 0.29) is 29.0 Å². The summed E-state index contributed by atoms with van der Waals surface area (Å²) in [6, 6.07) is 18.6. The first-order chi connectivity index (χ1) is 16.8. The third-order valence-corrected chi connectivity index (χ3v) is 4.83. The Labute approximate surface area is 200 Å². The molecule has 35 heavy (non-hydrogen) atoms. The molecule has 0 saturated carbocycles. The lowest BCUT2D eigenvalue weighted by Crippen LogP contribution is -2.14. The predicted octanol–water partition coefficient (Wildman–Crippen LogP) is 4.22. The number of carboxylic acid groups (broad SMARTS) is 2. The molecule has 3 rings (SSSR count). The molecule has 0 bridgehead atoms. The number of aromatic carboxylic acids is 2. The fourth-order valence-electron chi connectivity index (χ4n) is 3.04. The number of rotatable bonds is 9. The quantitative estimate of drug-likeness (QED) is 0.310. The lowest BCUT2D eigenvalue weighted by molar-refractivity contribution is -0.112. The second-order valence-corrected chi connectivity index (χ2v) is 7.21. The highest BCUT2D eigenvalue weighted by molar-refractivity contribution is 6.10. The number of carbonyl (C=O) groups is 3. The van der Waals surface area contributed by atoms with E-state index in [2.05, 4.69) is 5.32 Å². The van der Waals surface area contributed by atoms with E-state index >= 15 is 0 Å². The van der Waals surface area contributed by atoms with Crippen molar-refractivity contribution in [3.05, 3.63) is 94.6 Å². The first-order valence-electron chi connectivity index (χ1n) is 10.2. The second kappa shape index (κ2) is 11.2. The van der Waals surface area contributed by atoms with Gasteiger partial charge in [0, 0.05) is 5.69 Å². The summed E-state index contributed by atoms with van der Waals surface area (Å²) in [6.07, 6.45) is 1.37. The van der Waals surface area contributed by atoms with Gasteiger partial charge in [-0.05, 0) is 59.7 Å². The SMILES string of the molecule is COc1cc(/C=C(/C#N)C(=O)Nc2cccc(C(=O)O)c2)ccc1OCc1ccc(C(=O)O)cc1. The van der Waals surface area contributed by atoms with Crippen molar-refractivity contribution < 1.29 is 34.1 Å². The first kappa shape index (κ1) is 24.5. The fourth-order valence-corrected chi connectivity index (χ4v) is 3.04. The van der Waals surface area contributed by atoms with E-state index in [0.29, 0.717) is 17.1 Å². The molecule has 0 saturated heterocycles. The molecule has 3 N–H and O–H groups in total. The number of nitrogens with one attached hydrogen (secondary N) is 1. The third kappa shape index (κ3) is 6.46. The number of carboxylic acids is 2.